The highest BCUT2D eigenvalue weighted by molar-refractivity contribution is 7.91. The van der Waals surface area contributed by atoms with Gasteiger partial charge >= 0.3 is 0 Å². The first kappa shape index (κ1) is 14.6. The Bertz CT molecular complexity index is 693. The summed E-state index contributed by atoms with van der Waals surface area (Å²) in [6, 6.07) is 11.3. The number of benzene rings is 1. The smallest absolute Gasteiger partial charge is 0.252 e. The highest BCUT2D eigenvalue weighted by Gasteiger charge is 2.33. The van der Waals surface area contributed by atoms with Crippen LogP contribution in [-0.4, -0.2) is 32.9 Å². The number of thiophene rings is 1. The molecule has 2 heterocycles. The SMILES string of the molecule is COc1ccc(C2CCN(S(=O)(=O)c3cccs3)C2)cc1. The fourth-order valence-corrected chi connectivity index (χ4v) is 5.28. The molecule has 0 radical (unpaired) electrons. The average molecular weight is 323 g/mol. The summed E-state index contributed by atoms with van der Waals surface area (Å²) in [7, 11) is -1.68. The van der Waals surface area contributed by atoms with Crippen LogP contribution in [0.3, 0.4) is 0 Å². The second kappa shape index (κ2) is 5.79. The molecule has 0 amide bonds. The lowest BCUT2D eigenvalue weighted by molar-refractivity contribution is 0.414. The molecule has 1 saturated heterocycles. The molecule has 0 aliphatic carbocycles. The molecule has 0 N–H and O–H groups in total. The van der Waals surface area contributed by atoms with Crippen LogP contribution >= 0.6 is 11.3 Å². The van der Waals surface area contributed by atoms with Gasteiger partial charge in [0.2, 0.25) is 0 Å². The fourth-order valence-electron chi connectivity index (χ4n) is 2.63. The van der Waals surface area contributed by atoms with Crippen molar-refractivity contribution >= 4 is 21.4 Å². The minimum Gasteiger partial charge on any atom is -0.497 e. The third-order valence-corrected chi connectivity index (χ3v) is 7.07. The molecule has 0 bridgehead atoms. The summed E-state index contributed by atoms with van der Waals surface area (Å²) in [4.78, 5) is 0. The number of sulfonamides is 1. The Morgan fingerprint density at radius 3 is 2.62 bits per heavy atom. The molecule has 0 spiro atoms. The molecule has 6 heteroatoms. The van der Waals surface area contributed by atoms with E-state index in [-0.39, 0.29) is 5.92 Å². The van der Waals surface area contributed by atoms with Gasteiger partial charge in [0, 0.05) is 13.1 Å². The van der Waals surface area contributed by atoms with E-state index in [0.29, 0.717) is 17.3 Å². The van der Waals surface area contributed by atoms with E-state index in [1.165, 1.54) is 16.9 Å². The first-order valence-electron chi connectivity index (χ1n) is 6.79. The summed E-state index contributed by atoms with van der Waals surface area (Å²) in [5.74, 6) is 1.07. The summed E-state index contributed by atoms with van der Waals surface area (Å²) in [5, 5.41) is 1.80. The van der Waals surface area contributed by atoms with Crippen LogP contribution in [0.25, 0.3) is 0 Å². The maximum Gasteiger partial charge on any atom is 0.252 e. The van der Waals surface area contributed by atoms with Gasteiger partial charge in [-0.25, -0.2) is 8.42 Å². The standard InChI is InChI=1S/C15H17NO3S2/c1-19-14-6-4-12(5-7-14)13-8-9-16(11-13)21(17,18)15-3-2-10-20-15/h2-7,10,13H,8-9,11H2,1H3. The summed E-state index contributed by atoms with van der Waals surface area (Å²) in [6.45, 7) is 1.13. The van der Waals surface area contributed by atoms with Gasteiger partial charge in [0.05, 0.1) is 7.11 Å². The second-order valence-electron chi connectivity index (χ2n) is 5.05. The summed E-state index contributed by atoms with van der Waals surface area (Å²) in [5.41, 5.74) is 1.17. The van der Waals surface area contributed by atoms with E-state index in [9.17, 15) is 8.42 Å². The van der Waals surface area contributed by atoms with Crippen molar-refractivity contribution < 1.29 is 13.2 Å². The molecule has 1 atom stereocenters. The first-order chi connectivity index (χ1) is 10.1. The Balaban J connectivity index is 1.76. The molecule has 4 nitrogen and oxygen atoms in total. The lowest BCUT2D eigenvalue weighted by Gasteiger charge is -2.15. The van der Waals surface area contributed by atoms with E-state index in [1.807, 2.05) is 24.3 Å². The van der Waals surface area contributed by atoms with Crippen molar-refractivity contribution in [3.8, 4) is 5.75 Å². The van der Waals surface area contributed by atoms with Gasteiger partial charge in [0.25, 0.3) is 10.0 Å². The first-order valence-corrected chi connectivity index (χ1v) is 9.11. The zero-order valence-corrected chi connectivity index (χ0v) is 13.4. The number of methoxy groups -OCH3 is 1. The molecular weight excluding hydrogens is 306 g/mol. The number of hydrogen-bond donors (Lipinski definition) is 0. The molecule has 2 aromatic rings. The molecule has 0 saturated carbocycles. The lowest BCUT2D eigenvalue weighted by Crippen LogP contribution is -2.28. The molecular formula is C15H17NO3S2. The van der Waals surface area contributed by atoms with Crippen molar-refractivity contribution in [2.45, 2.75) is 16.5 Å². The van der Waals surface area contributed by atoms with Gasteiger partial charge in [-0.05, 0) is 41.5 Å². The van der Waals surface area contributed by atoms with Crippen LogP contribution in [0.1, 0.15) is 17.9 Å². The van der Waals surface area contributed by atoms with Crippen molar-refractivity contribution in [2.24, 2.45) is 0 Å². The van der Waals surface area contributed by atoms with Gasteiger partial charge in [0.15, 0.2) is 0 Å². The quantitative estimate of drug-likeness (QED) is 0.869. The minimum absolute atomic E-state index is 0.255. The molecule has 1 aromatic carbocycles. The summed E-state index contributed by atoms with van der Waals surface area (Å²) in [6.07, 6.45) is 0.858. The lowest BCUT2D eigenvalue weighted by atomic mass is 9.99. The van der Waals surface area contributed by atoms with E-state index < -0.39 is 10.0 Å². The van der Waals surface area contributed by atoms with Gasteiger partial charge in [-0.3, -0.25) is 0 Å². The maximum atomic E-state index is 12.5. The third kappa shape index (κ3) is 2.84. The average Bonchev–Trinajstić information content (AvgIpc) is 3.19. The minimum atomic E-state index is -3.32. The number of ether oxygens (including phenoxy) is 1. The van der Waals surface area contributed by atoms with Crippen molar-refractivity contribution in [3.05, 3.63) is 47.3 Å². The van der Waals surface area contributed by atoms with Gasteiger partial charge < -0.3 is 4.74 Å². The van der Waals surface area contributed by atoms with Crippen LogP contribution in [-0.2, 0) is 10.0 Å². The van der Waals surface area contributed by atoms with Crippen molar-refractivity contribution in [1.29, 1.82) is 0 Å². The van der Waals surface area contributed by atoms with Gasteiger partial charge in [0.1, 0.15) is 9.96 Å². The molecule has 1 aliphatic rings. The van der Waals surface area contributed by atoms with Crippen LogP contribution in [0.4, 0.5) is 0 Å². The Hall–Kier alpha value is -1.37. The van der Waals surface area contributed by atoms with E-state index in [0.717, 1.165) is 12.2 Å². The van der Waals surface area contributed by atoms with E-state index in [2.05, 4.69) is 0 Å². The Kier molecular flexibility index (Phi) is 4.01. The van der Waals surface area contributed by atoms with Crippen molar-refractivity contribution in [3.63, 3.8) is 0 Å². The number of rotatable bonds is 4. The van der Waals surface area contributed by atoms with Crippen LogP contribution in [0, 0.1) is 0 Å². The number of nitrogens with zero attached hydrogens (tertiary/aromatic N) is 1. The molecule has 21 heavy (non-hydrogen) atoms. The monoisotopic (exact) mass is 323 g/mol. The molecule has 3 rings (SSSR count). The Morgan fingerprint density at radius 2 is 2.00 bits per heavy atom. The highest BCUT2D eigenvalue weighted by Crippen LogP contribution is 2.32. The second-order valence-corrected chi connectivity index (χ2v) is 8.17. The third-order valence-electron chi connectivity index (χ3n) is 3.83. The van der Waals surface area contributed by atoms with Crippen molar-refractivity contribution in [2.75, 3.05) is 20.2 Å². The maximum absolute atomic E-state index is 12.5. The van der Waals surface area contributed by atoms with Crippen LogP contribution in [0.15, 0.2) is 46.0 Å². The summed E-state index contributed by atoms with van der Waals surface area (Å²) >= 11 is 1.27. The predicted octanol–water partition coefficient (Wildman–Crippen LogP) is 2.93. The van der Waals surface area contributed by atoms with Crippen LogP contribution < -0.4 is 4.74 Å². The van der Waals surface area contributed by atoms with Gasteiger partial charge in [-0.1, -0.05) is 18.2 Å². The Labute approximate surface area is 129 Å². The molecule has 1 aliphatic heterocycles. The molecule has 1 unspecified atom stereocenters. The molecule has 112 valence electrons. The van der Waals surface area contributed by atoms with Crippen molar-refractivity contribution in [1.82, 2.24) is 4.31 Å². The predicted molar refractivity (Wildman–Crippen MR) is 83.4 cm³/mol. The molecule has 1 fully saturated rings. The highest BCUT2D eigenvalue weighted by atomic mass is 32.2. The zero-order chi connectivity index (χ0) is 14.9. The van der Waals surface area contributed by atoms with Gasteiger partial charge in [-0.2, -0.15) is 4.31 Å². The van der Waals surface area contributed by atoms with E-state index in [4.69, 9.17) is 4.74 Å². The zero-order valence-electron chi connectivity index (χ0n) is 11.7. The number of hydrogen-bond acceptors (Lipinski definition) is 4. The molecule has 1 aromatic heterocycles. The van der Waals surface area contributed by atoms with Crippen LogP contribution in [0.2, 0.25) is 0 Å². The summed E-state index contributed by atoms with van der Waals surface area (Å²) < 4.78 is 32.1. The van der Waals surface area contributed by atoms with Gasteiger partial charge in [-0.15, -0.1) is 11.3 Å². The fraction of sp³-hybridized carbons (Fsp3) is 0.333. The normalized spacial score (nSPS) is 19.8. The van der Waals surface area contributed by atoms with E-state index in [1.54, 1.807) is 28.9 Å². The Morgan fingerprint density at radius 1 is 1.24 bits per heavy atom. The van der Waals surface area contributed by atoms with E-state index >= 15 is 0 Å². The van der Waals surface area contributed by atoms with Crippen LogP contribution in [0.5, 0.6) is 5.75 Å². The topological polar surface area (TPSA) is 46.6 Å². The largest absolute Gasteiger partial charge is 0.497 e.